The summed E-state index contributed by atoms with van der Waals surface area (Å²) in [4.78, 5) is 19.7. The van der Waals surface area contributed by atoms with Crippen LogP contribution in [-0.2, 0) is 4.57 Å². The van der Waals surface area contributed by atoms with Gasteiger partial charge in [0.15, 0.2) is 0 Å². The summed E-state index contributed by atoms with van der Waals surface area (Å²) < 4.78 is 17.6. The van der Waals surface area contributed by atoms with Gasteiger partial charge in [-0.2, -0.15) is 0 Å². The van der Waals surface area contributed by atoms with Gasteiger partial charge < -0.3 is 4.52 Å². The van der Waals surface area contributed by atoms with Crippen molar-refractivity contribution in [2.45, 2.75) is 38.5 Å². The molecule has 0 amide bonds. The lowest BCUT2D eigenvalue weighted by atomic mass is 9.81. The fraction of sp³-hybridized carbons (Fsp3) is 0.200. The number of hydrogen-bond acceptors (Lipinski definition) is 2. The molecule has 4 rings (SSSR count). The monoisotopic (exact) mass is 486 g/mol. The summed E-state index contributed by atoms with van der Waals surface area (Å²) in [6.07, 6.45) is 0. The summed E-state index contributed by atoms with van der Waals surface area (Å²) in [7, 11) is -4.80. The third kappa shape index (κ3) is 5.91. The van der Waals surface area contributed by atoms with Gasteiger partial charge in [0.1, 0.15) is 5.75 Å². The topological polar surface area (TPSA) is 66.8 Å². The normalized spacial score (nSPS) is 14.2. The fourth-order valence-corrected chi connectivity index (χ4v) is 5.04. The van der Waals surface area contributed by atoms with Crippen molar-refractivity contribution in [2.75, 3.05) is 0 Å². The Morgan fingerprint density at radius 2 is 0.914 bits per heavy atom. The van der Waals surface area contributed by atoms with E-state index in [1.807, 2.05) is 105 Å². The number of benzene rings is 4. The van der Waals surface area contributed by atoms with Gasteiger partial charge in [-0.1, -0.05) is 124 Å². The van der Waals surface area contributed by atoms with E-state index in [-0.39, 0.29) is 23.5 Å². The Hall–Kier alpha value is -3.17. The van der Waals surface area contributed by atoms with E-state index in [0.717, 1.165) is 27.8 Å². The second-order valence-electron chi connectivity index (χ2n) is 9.01. The molecule has 0 bridgehead atoms. The predicted molar refractivity (Wildman–Crippen MR) is 141 cm³/mol. The van der Waals surface area contributed by atoms with Crippen molar-refractivity contribution in [3.8, 4) is 5.75 Å². The Morgan fingerprint density at radius 3 is 1.26 bits per heavy atom. The molecule has 2 N–H and O–H groups in total. The third-order valence-corrected chi connectivity index (χ3v) is 7.13. The number of rotatable bonds is 8. The molecule has 5 heteroatoms. The summed E-state index contributed by atoms with van der Waals surface area (Å²) >= 11 is 0. The number of phosphoric acid groups is 1. The zero-order valence-corrected chi connectivity index (χ0v) is 21.1. The van der Waals surface area contributed by atoms with Crippen LogP contribution in [0.15, 0.2) is 103 Å². The first-order valence-corrected chi connectivity index (χ1v) is 13.4. The molecule has 0 aliphatic rings. The minimum absolute atomic E-state index is 0.0868. The summed E-state index contributed by atoms with van der Waals surface area (Å²) in [5.41, 5.74) is 5.87. The average Bonchev–Trinajstić information content (AvgIpc) is 2.88. The molecule has 180 valence electrons. The van der Waals surface area contributed by atoms with E-state index >= 15 is 0 Å². The maximum absolute atomic E-state index is 12.1. The molecule has 4 aromatic rings. The maximum Gasteiger partial charge on any atom is 0.524 e. The summed E-state index contributed by atoms with van der Waals surface area (Å²) in [5.74, 6) is 0.0728. The SMILES string of the molecule is CC(c1ccccc1)c1cc(C(C)c2ccccc2)c(OP(=O)(O)O)c(C(C)c2ccccc2)c1. The lowest BCUT2D eigenvalue weighted by molar-refractivity contribution is 0.280. The Morgan fingerprint density at radius 1 is 0.571 bits per heavy atom. The van der Waals surface area contributed by atoms with Gasteiger partial charge in [-0.05, 0) is 22.3 Å². The zero-order valence-electron chi connectivity index (χ0n) is 20.2. The van der Waals surface area contributed by atoms with Crippen molar-refractivity contribution in [3.05, 3.63) is 137 Å². The van der Waals surface area contributed by atoms with Gasteiger partial charge in [-0.25, -0.2) is 4.57 Å². The first-order chi connectivity index (χ1) is 16.7. The minimum Gasteiger partial charge on any atom is -0.404 e. The Kier molecular flexibility index (Phi) is 7.57. The van der Waals surface area contributed by atoms with E-state index in [0.29, 0.717) is 0 Å². The van der Waals surface area contributed by atoms with Gasteiger partial charge in [0.25, 0.3) is 0 Å². The van der Waals surface area contributed by atoms with E-state index in [2.05, 4.69) is 19.1 Å². The van der Waals surface area contributed by atoms with Crippen molar-refractivity contribution in [1.82, 2.24) is 0 Å². The molecule has 4 aromatic carbocycles. The Bertz CT molecular complexity index is 1230. The number of hydrogen-bond donors (Lipinski definition) is 2. The fourth-order valence-electron chi connectivity index (χ4n) is 4.59. The van der Waals surface area contributed by atoms with Gasteiger partial charge >= 0.3 is 7.82 Å². The second-order valence-corrected chi connectivity index (χ2v) is 10.2. The van der Waals surface area contributed by atoms with Crippen LogP contribution in [0.1, 0.15) is 71.9 Å². The average molecular weight is 487 g/mol. The number of phosphoric ester groups is 1. The van der Waals surface area contributed by atoms with Crippen molar-refractivity contribution >= 4 is 7.82 Å². The van der Waals surface area contributed by atoms with Gasteiger partial charge in [-0.3, -0.25) is 9.79 Å². The minimum atomic E-state index is -4.80. The molecule has 3 unspecified atom stereocenters. The van der Waals surface area contributed by atoms with Crippen LogP contribution in [0.2, 0.25) is 0 Å². The molecule has 4 nitrogen and oxygen atoms in total. The Labute approximate surface area is 207 Å². The van der Waals surface area contributed by atoms with E-state index in [1.165, 1.54) is 5.56 Å². The lowest BCUT2D eigenvalue weighted by Crippen LogP contribution is -2.09. The highest BCUT2D eigenvalue weighted by Gasteiger charge is 2.28. The molecule has 35 heavy (non-hydrogen) atoms. The zero-order chi connectivity index (χ0) is 25.0. The smallest absolute Gasteiger partial charge is 0.404 e. The molecule has 3 atom stereocenters. The molecule has 0 radical (unpaired) electrons. The third-order valence-electron chi connectivity index (χ3n) is 6.71. The quantitative estimate of drug-likeness (QED) is 0.252. The highest BCUT2D eigenvalue weighted by molar-refractivity contribution is 7.46. The van der Waals surface area contributed by atoms with Crippen molar-refractivity contribution in [2.24, 2.45) is 0 Å². The first kappa shape index (κ1) is 24.9. The standard InChI is InChI=1S/C30H31O4P/c1-21(24-13-7-4-8-14-24)27-19-28(22(2)25-15-9-5-10-16-25)30(34-35(31,32)33)29(20-27)23(3)26-17-11-6-12-18-26/h4-23H,1-3H3,(H2,31,32,33). The maximum atomic E-state index is 12.1. The largest absolute Gasteiger partial charge is 0.524 e. The van der Waals surface area contributed by atoms with Crippen LogP contribution in [0.3, 0.4) is 0 Å². The molecule has 0 fully saturated rings. The van der Waals surface area contributed by atoms with Gasteiger partial charge in [0.05, 0.1) is 0 Å². The van der Waals surface area contributed by atoms with Crippen LogP contribution in [0, 0.1) is 0 Å². The van der Waals surface area contributed by atoms with E-state index in [4.69, 9.17) is 4.52 Å². The highest BCUT2D eigenvalue weighted by Crippen LogP contribution is 2.48. The van der Waals surface area contributed by atoms with Crippen LogP contribution >= 0.6 is 7.82 Å². The van der Waals surface area contributed by atoms with E-state index < -0.39 is 7.82 Å². The molecule has 0 heterocycles. The first-order valence-electron chi connectivity index (χ1n) is 11.8. The molecule has 0 spiro atoms. The molecule has 0 saturated heterocycles. The van der Waals surface area contributed by atoms with E-state index in [1.54, 1.807) is 0 Å². The van der Waals surface area contributed by atoms with Gasteiger partial charge in [0, 0.05) is 28.9 Å². The summed E-state index contributed by atoms with van der Waals surface area (Å²) in [6.45, 7) is 6.25. The van der Waals surface area contributed by atoms with Gasteiger partial charge in [-0.15, -0.1) is 0 Å². The molecule has 0 saturated carbocycles. The molecule has 0 aliphatic carbocycles. The van der Waals surface area contributed by atoms with Gasteiger partial charge in [0.2, 0.25) is 0 Å². The predicted octanol–water partition coefficient (Wildman–Crippen LogP) is 7.61. The van der Waals surface area contributed by atoms with E-state index in [9.17, 15) is 14.4 Å². The lowest BCUT2D eigenvalue weighted by Gasteiger charge is -2.26. The van der Waals surface area contributed by atoms with Crippen LogP contribution in [-0.4, -0.2) is 9.79 Å². The van der Waals surface area contributed by atoms with Crippen molar-refractivity contribution in [3.63, 3.8) is 0 Å². The molecule has 0 aliphatic heterocycles. The van der Waals surface area contributed by atoms with Crippen LogP contribution < -0.4 is 4.52 Å². The van der Waals surface area contributed by atoms with Crippen LogP contribution in [0.25, 0.3) is 0 Å². The Balaban J connectivity index is 1.96. The summed E-state index contributed by atoms with van der Waals surface area (Å²) in [5, 5.41) is 0. The van der Waals surface area contributed by atoms with Crippen molar-refractivity contribution < 1.29 is 18.9 Å². The van der Waals surface area contributed by atoms with Crippen LogP contribution in [0.5, 0.6) is 5.75 Å². The molecular weight excluding hydrogens is 455 g/mol. The highest BCUT2D eigenvalue weighted by atomic mass is 31.2. The molecular formula is C30H31O4P. The summed E-state index contributed by atoms with van der Waals surface area (Å²) in [6, 6.07) is 34.3. The van der Waals surface area contributed by atoms with Crippen LogP contribution in [0.4, 0.5) is 0 Å². The second kappa shape index (κ2) is 10.6. The van der Waals surface area contributed by atoms with Crippen molar-refractivity contribution in [1.29, 1.82) is 0 Å². The molecule has 0 aromatic heterocycles.